The van der Waals surface area contributed by atoms with Gasteiger partial charge in [0.05, 0.1) is 4.88 Å². The predicted molar refractivity (Wildman–Crippen MR) is 83.6 cm³/mol. The predicted octanol–water partition coefficient (Wildman–Crippen LogP) is 3.11. The van der Waals surface area contributed by atoms with Crippen molar-refractivity contribution in [2.45, 2.75) is 20.4 Å². The van der Waals surface area contributed by atoms with Gasteiger partial charge in [0.1, 0.15) is 0 Å². The summed E-state index contributed by atoms with van der Waals surface area (Å²) in [6, 6.07) is 10.1. The Morgan fingerprint density at radius 1 is 1.30 bits per heavy atom. The zero-order valence-corrected chi connectivity index (χ0v) is 12.6. The van der Waals surface area contributed by atoms with E-state index in [1.807, 2.05) is 29.2 Å². The second-order valence-corrected chi connectivity index (χ2v) is 6.37. The Morgan fingerprint density at radius 2 is 2.10 bits per heavy atom. The van der Waals surface area contributed by atoms with Gasteiger partial charge in [0.15, 0.2) is 0 Å². The average molecular weight is 286 g/mol. The Labute approximate surface area is 123 Å². The molecule has 0 unspecified atom stereocenters. The Morgan fingerprint density at radius 3 is 2.85 bits per heavy atom. The van der Waals surface area contributed by atoms with E-state index >= 15 is 0 Å². The number of thiophene rings is 1. The summed E-state index contributed by atoms with van der Waals surface area (Å²) in [6.07, 6.45) is 0. The number of hydrogen-bond acceptors (Lipinski definition) is 3. The minimum Gasteiger partial charge on any atom is -0.311 e. The van der Waals surface area contributed by atoms with Crippen LogP contribution in [0.25, 0.3) is 0 Å². The molecule has 20 heavy (non-hydrogen) atoms. The first-order valence-electron chi connectivity index (χ1n) is 6.84. The van der Waals surface area contributed by atoms with Crippen LogP contribution < -0.4 is 10.2 Å². The van der Waals surface area contributed by atoms with Crippen LogP contribution in [0.5, 0.6) is 0 Å². The third-order valence-electron chi connectivity index (χ3n) is 3.73. The number of hydrogen-bond donors (Lipinski definition) is 1. The maximum Gasteiger partial charge on any atom is 0.268 e. The molecule has 0 spiro atoms. The van der Waals surface area contributed by atoms with Crippen LogP contribution >= 0.6 is 11.3 Å². The average Bonchev–Trinajstić information content (AvgIpc) is 2.68. The molecule has 1 N–H and O–H groups in total. The van der Waals surface area contributed by atoms with E-state index in [1.54, 1.807) is 11.3 Å². The van der Waals surface area contributed by atoms with Crippen molar-refractivity contribution in [3.05, 3.63) is 51.2 Å². The fraction of sp³-hybridized carbons (Fsp3) is 0.312. The number of nitrogens with one attached hydrogen (secondary N) is 1. The van der Waals surface area contributed by atoms with Crippen molar-refractivity contribution >= 4 is 22.9 Å². The molecular formula is C16H18N2OS. The standard InChI is InChI=1S/C16H18N2OS/c1-11-9-15(20-12(11)2)16(19)18-8-7-17-10-13-5-3-4-6-14(13)18/h3-6,9,17H,7-8,10H2,1-2H3. The van der Waals surface area contributed by atoms with E-state index in [9.17, 15) is 4.79 Å². The Hall–Kier alpha value is -1.65. The highest BCUT2D eigenvalue weighted by atomic mass is 32.1. The first-order valence-corrected chi connectivity index (χ1v) is 7.66. The third-order valence-corrected chi connectivity index (χ3v) is 4.87. The zero-order chi connectivity index (χ0) is 14.1. The number of carbonyl (C=O) groups excluding carboxylic acids is 1. The maximum atomic E-state index is 12.8. The molecule has 0 bridgehead atoms. The summed E-state index contributed by atoms with van der Waals surface area (Å²) in [4.78, 5) is 16.7. The van der Waals surface area contributed by atoms with Gasteiger partial charge in [-0.05, 0) is 37.1 Å². The third kappa shape index (κ3) is 2.37. The summed E-state index contributed by atoms with van der Waals surface area (Å²) in [5, 5.41) is 3.37. The Bertz CT molecular complexity index is 628. The number of rotatable bonds is 1. The van der Waals surface area contributed by atoms with Crippen LogP contribution in [0.1, 0.15) is 25.7 Å². The van der Waals surface area contributed by atoms with Crippen molar-refractivity contribution in [3.63, 3.8) is 0 Å². The molecule has 1 aliphatic rings. The largest absolute Gasteiger partial charge is 0.311 e. The molecule has 2 heterocycles. The van der Waals surface area contributed by atoms with Gasteiger partial charge in [-0.3, -0.25) is 4.79 Å². The van der Waals surface area contributed by atoms with Crippen LogP contribution in [-0.4, -0.2) is 19.0 Å². The lowest BCUT2D eigenvalue weighted by Crippen LogP contribution is -2.34. The lowest BCUT2D eigenvalue weighted by atomic mass is 10.1. The summed E-state index contributed by atoms with van der Waals surface area (Å²) in [6.45, 7) is 6.48. The van der Waals surface area contributed by atoms with Crippen LogP contribution in [-0.2, 0) is 6.54 Å². The van der Waals surface area contributed by atoms with Crippen molar-refractivity contribution in [3.8, 4) is 0 Å². The van der Waals surface area contributed by atoms with E-state index in [4.69, 9.17) is 0 Å². The monoisotopic (exact) mass is 286 g/mol. The first kappa shape index (κ1) is 13.3. The molecule has 1 aromatic carbocycles. The molecule has 0 saturated carbocycles. The van der Waals surface area contributed by atoms with Gasteiger partial charge in [0.2, 0.25) is 0 Å². The van der Waals surface area contributed by atoms with Gasteiger partial charge in [0, 0.05) is 30.2 Å². The Kier molecular flexibility index (Phi) is 3.59. The van der Waals surface area contributed by atoms with Crippen molar-refractivity contribution in [2.24, 2.45) is 0 Å². The molecule has 3 nitrogen and oxygen atoms in total. The topological polar surface area (TPSA) is 32.3 Å². The van der Waals surface area contributed by atoms with Crippen LogP contribution in [0.3, 0.4) is 0 Å². The number of anilines is 1. The maximum absolute atomic E-state index is 12.8. The molecule has 0 fully saturated rings. The van der Waals surface area contributed by atoms with E-state index in [1.165, 1.54) is 16.0 Å². The Balaban J connectivity index is 1.99. The zero-order valence-electron chi connectivity index (χ0n) is 11.8. The van der Waals surface area contributed by atoms with Crippen molar-refractivity contribution < 1.29 is 4.79 Å². The highest BCUT2D eigenvalue weighted by Crippen LogP contribution is 2.27. The SMILES string of the molecule is Cc1cc(C(=O)N2CCNCc3ccccc32)sc1C. The van der Waals surface area contributed by atoms with E-state index in [2.05, 4.69) is 25.2 Å². The van der Waals surface area contributed by atoms with Crippen molar-refractivity contribution in [2.75, 3.05) is 18.0 Å². The molecule has 1 aliphatic heterocycles. The van der Waals surface area contributed by atoms with Crippen molar-refractivity contribution in [1.29, 1.82) is 0 Å². The number of benzene rings is 1. The van der Waals surface area contributed by atoms with E-state index < -0.39 is 0 Å². The second kappa shape index (κ2) is 5.38. The molecule has 2 aromatic rings. The lowest BCUT2D eigenvalue weighted by molar-refractivity contribution is 0.0991. The fourth-order valence-electron chi connectivity index (χ4n) is 2.48. The van der Waals surface area contributed by atoms with Crippen molar-refractivity contribution in [1.82, 2.24) is 5.32 Å². The number of amides is 1. The van der Waals surface area contributed by atoms with Gasteiger partial charge in [0.25, 0.3) is 5.91 Å². The van der Waals surface area contributed by atoms with Gasteiger partial charge >= 0.3 is 0 Å². The summed E-state index contributed by atoms with van der Waals surface area (Å²) in [5.74, 6) is 0.113. The normalized spacial score (nSPS) is 14.8. The summed E-state index contributed by atoms with van der Waals surface area (Å²) in [5.41, 5.74) is 3.41. The number of aryl methyl sites for hydroxylation is 2. The summed E-state index contributed by atoms with van der Waals surface area (Å²) in [7, 11) is 0. The molecule has 1 aromatic heterocycles. The molecule has 104 valence electrons. The highest BCUT2D eigenvalue weighted by molar-refractivity contribution is 7.14. The highest BCUT2D eigenvalue weighted by Gasteiger charge is 2.23. The van der Waals surface area contributed by atoms with E-state index in [-0.39, 0.29) is 5.91 Å². The molecule has 0 radical (unpaired) electrons. The van der Waals surface area contributed by atoms with E-state index in [0.29, 0.717) is 6.54 Å². The van der Waals surface area contributed by atoms with Crippen LogP contribution in [0.4, 0.5) is 5.69 Å². The summed E-state index contributed by atoms with van der Waals surface area (Å²) >= 11 is 1.59. The molecule has 3 rings (SSSR count). The molecule has 0 saturated heterocycles. The smallest absolute Gasteiger partial charge is 0.268 e. The van der Waals surface area contributed by atoms with Crippen LogP contribution in [0.15, 0.2) is 30.3 Å². The second-order valence-electron chi connectivity index (χ2n) is 5.11. The van der Waals surface area contributed by atoms with Crippen LogP contribution in [0.2, 0.25) is 0 Å². The first-order chi connectivity index (χ1) is 9.66. The minimum absolute atomic E-state index is 0.113. The van der Waals surface area contributed by atoms with Gasteiger partial charge in [-0.15, -0.1) is 11.3 Å². The number of carbonyl (C=O) groups is 1. The van der Waals surface area contributed by atoms with Gasteiger partial charge in [-0.25, -0.2) is 0 Å². The fourth-order valence-corrected chi connectivity index (χ4v) is 3.46. The van der Waals surface area contributed by atoms with Gasteiger partial charge in [-0.2, -0.15) is 0 Å². The van der Waals surface area contributed by atoms with Crippen LogP contribution in [0, 0.1) is 13.8 Å². The lowest BCUT2D eigenvalue weighted by Gasteiger charge is -2.21. The molecular weight excluding hydrogens is 268 g/mol. The minimum atomic E-state index is 0.113. The van der Waals surface area contributed by atoms with E-state index in [0.717, 1.165) is 23.7 Å². The number of fused-ring (bicyclic) bond motifs is 1. The van der Waals surface area contributed by atoms with Gasteiger partial charge in [-0.1, -0.05) is 18.2 Å². The molecule has 0 aliphatic carbocycles. The summed E-state index contributed by atoms with van der Waals surface area (Å²) < 4.78 is 0. The number of nitrogens with zero attached hydrogens (tertiary/aromatic N) is 1. The molecule has 4 heteroatoms. The number of para-hydroxylation sites is 1. The quantitative estimate of drug-likeness (QED) is 0.873. The van der Waals surface area contributed by atoms with Gasteiger partial charge < -0.3 is 10.2 Å². The molecule has 1 amide bonds. The molecule has 0 atom stereocenters.